The highest BCUT2D eigenvalue weighted by atomic mass is 31.2. The van der Waals surface area contributed by atoms with E-state index in [4.69, 9.17) is 18.5 Å². The number of esters is 1. The summed E-state index contributed by atoms with van der Waals surface area (Å²) >= 11 is 0. The van der Waals surface area contributed by atoms with Gasteiger partial charge in [0.1, 0.15) is 42.7 Å². The maximum Gasteiger partial charge on any atom is 0.472 e. The summed E-state index contributed by atoms with van der Waals surface area (Å²) in [4.78, 5) is 23.0. The van der Waals surface area contributed by atoms with Crippen molar-refractivity contribution in [2.75, 3.05) is 19.8 Å². The normalized spacial score (nSPS) is 22.9. The second-order valence-electron chi connectivity index (χ2n) is 16.3. The van der Waals surface area contributed by atoms with Crippen molar-refractivity contribution >= 4 is 13.8 Å². The third-order valence-corrected chi connectivity index (χ3v) is 12.0. The molecule has 334 valence electrons. The third-order valence-electron chi connectivity index (χ3n) is 11.0. The van der Waals surface area contributed by atoms with E-state index in [0.29, 0.717) is 13.0 Å². The predicted octanol–water partition coefficient (Wildman–Crippen LogP) is 8.98. The zero-order valence-electron chi connectivity index (χ0n) is 35.5. The molecule has 0 bridgehead atoms. The van der Waals surface area contributed by atoms with Crippen molar-refractivity contribution in [2.24, 2.45) is 0 Å². The first-order chi connectivity index (χ1) is 27.0. The fraction of sp³-hybridized carbons (Fsp3) is 0.977. The minimum absolute atomic E-state index is 0.0688. The van der Waals surface area contributed by atoms with E-state index < -0.39 is 63.1 Å². The van der Waals surface area contributed by atoms with Gasteiger partial charge in [0.25, 0.3) is 0 Å². The average molecular weight is 825 g/mol. The van der Waals surface area contributed by atoms with Crippen molar-refractivity contribution in [3.8, 4) is 0 Å². The van der Waals surface area contributed by atoms with Crippen LogP contribution in [0.25, 0.3) is 0 Å². The van der Waals surface area contributed by atoms with E-state index in [2.05, 4.69) is 13.8 Å². The molecule has 56 heavy (non-hydrogen) atoms. The van der Waals surface area contributed by atoms with E-state index in [9.17, 15) is 39.8 Å². The van der Waals surface area contributed by atoms with Crippen LogP contribution in [0.1, 0.15) is 206 Å². The molecule has 1 fully saturated rings. The van der Waals surface area contributed by atoms with Crippen LogP contribution in [0, 0.1) is 0 Å². The first-order valence-electron chi connectivity index (χ1n) is 22.9. The maximum absolute atomic E-state index is 12.8. The zero-order chi connectivity index (χ0) is 41.3. The molecule has 13 heteroatoms. The van der Waals surface area contributed by atoms with Crippen molar-refractivity contribution < 1.29 is 58.3 Å². The summed E-state index contributed by atoms with van der Waals surface area (Å²) in [5.74, 6) is -0.477. The fourth-order valence-corrected chi connectivity index (χ4v) is 8.27. The molecule has 0 aromatic rings. The monoisotopic (exact) mass is 825 g/mol. The molecule has 0 spiro atoms. The Labute approximate surface area is 340 Å². The Kier molecular flexibility index (Phi) is 33.5. The van der Waals surface area contributed by atoms with Crippen LogP contribution in [0.15, 0.2) is 0 Å². The predicted molar refractivity (Wildman–Crippen MR) is 221 cm³/mol. The Hall–Kier alpha value is -0.660. The topological polar surface area (TPSA) is 192 Å². The van der Waals surface area contributed by atoms with Crippen LogP contribution in [0.4, 0.5) is 0 Å². The highest BCUT2D eigenvalue weighted by Crippen LogP contribution is 2.47. The summed E-state index contributed by atoms with van der Waals surface area (Å²) < 4.78 is 34.0. The Morgan fingerprint density at radius 3 is 1.23 bits per heavy atom. The van der Waals surface area contributed by atoms with Crippen molar-refractivity contribution in [1.29, 1.82) is 0 Å². The number of aliphatic hydroxyl groups excluding tert-OH is 5. The molecule has 0 radical (unpaired) electrons. The van der Waals surface area contributed by atoms with Gasteiger partial charge >= 0.3 is 13.8 Å². The van der Waals surface area contributed by atoms with Crippen LogP contribution in [0.5, 0.6) is 0 Å². The number of phosphoric acid groups is 1. The van der Waals surface area contributed by atoms with Gasteiger partial charge in [-0.2, -0.15) is 0 Å². The fourth-order valence-electron chi connectivity index (χ4n) is 7.30. The van der Waals surface area contributed by atoms with Crippen LogP contribution in [0.2, 0.25) is 0 Å². The van der Waals surface area contributed by atoms with Gasteiger partial charge in [-0.25, -0.2) is 4.57 Å². The van der Waals surface area contributed by atoms with E-state index in [1.165, 1.54) is 141 Å². The number of phosphoric ester groups is 1. The lowest BCUT2D eigenvalue weighted by Crippen LogP contribution is -2.64. The molecule has 1 rings (SSSR count). The van der Waals surface area contributed by atoms with Gasteiger partial charge < -0.3 is 39.9 Å². The summed E-state index contributed by atoms with van der Waals surface area (Å²) in [5.41, 5.74) is 0. The van der Waals surface area contributed by atoms with Gasteiger partial charge in [-0.3, -0.25) is 13.8 Å². The Morgan fingerprint density at radius 2 is 0.839 bits per heavy atom. The standard InChI is InChI=1S/C43H85O12P/c1-3-5-7-9-11-13-14-15-16-17-18-19-20-21-22-23-24-25-27-29-31-33-52-34-36(54-37(44)32-30-28-26-12-10-8-6-4-2)35-53-56(50,51)55-43-41(48)39(46)38(45)40(47)42(43)49/h36,38-43,45-49H,3-35H2,1-2H3,(H,50,51). The zero-order valence-corrected chi connectivity index (χ0v) is 36.4. The minimum Gasteiger partial charge on any atom is -0.457 e. The minimum atomic E-state index is -5.00. The number of rotatable bonds is 39. The van der Waals surface area contributed by atoms with Gasteiger partial charge in [-0.1, -0.05) is 187 Å². The molecule has 6 unspecified atom stereocenters. The molecule has 0 aliphatic heterocycles. The molecule has 0 heterocycles. The van der Waals surface area contributed by atoms with Gasteiger partial charge in [0.2, 0.25) is 0 Å². The molecule has 12 nitrogen and oxygen atoms in total. The SMILES string of the molecule is CCCCCCCCCCCCCCCCCCCCCCCOCC(COP(=O)(O)OC1C(O)C(O)C(O)C(O)C1O)OC(=O)CCCCCCCCCC. The van der Waals surface area contributed by atoms with Crippen molar-refractivity contribution in [2.45, 2.75) is 249 Å². The first kappa shape index (κ1) is 53.4. The van der Waals surface area contributed by atoms with Crippen molar-refractivity contribution in [3.63, 3.8) is 0 Å². The van der Waals surface area contributed by atoms with Gasteiger partial charge in [0.05, 0.1) is 13.2 Å². The lowest BCUT2D eigenvalue weighted by Gasteiger charge is -2.41. The molecule has 0 amide bonds. The van der Waals surface area contributed by atoms with Gasteiger partial charge in [0.15, 0.2) is 0 Å². The Balaban J connectivity index is 2.28. The van der Waals surface area contributed by atoms with E-state index in [0.717, 1.165) is 38.5 Å². The highest BCUT2D eigenvalue weighted by molar-refractivity contribution is 7.47. The van der Waals surface area contributed by atoms with Crippen LogP contribution in [-0.2, 0) is 27.9 Å². The summed E-state index contributed by atoms with van der Waals surface area (Å²) in [5, 5.41) is 50.0. The molecule has 0 aromatic heterocycles. The van der Waals surface area contributed by atoms with Crippen LogP contribution in [-0.4, -0.2) is 98.9 Å². The smallest absolute Gasteiger partial charge is 0.457 e. The summed E-state index contributed by atoms with van der Waals surface area (Å²) in [6, 6.07) is 0. The molecular formula is C43H85O12P. The molecule has 6 N–H and O–H groups in total. The maximum atomic E-state index is 12.8. The molecule has 0 saturated heterocycles. The lowest BCUT2D eigenvalue weighted by atomic mass is 9.85. The summed E-state index contributed by atoms with van der Waals surface area (Å²) in [6.07, 6.45) is 23.5. The number of hydrogen-bond acceptors (Lipinski definition) is 11. The molecular weight excluding hydrogens is 739 g/mol. The lowest BCUT2D eigenvalue weighted by molar-refractivity contribution is -0.220. The van der Waals surface area contributed by atoms with Gasteiger partial charge in [0, 0.05) is 13.0 Å². The van der Waals surface area contributed by atoms with Crippen LogP contribution >= 0.6 is 7.82 Å². The van der Waals surface area contributed by atoms with E-state index in [1.807, 2.05) is 0 Å². The molecule has 1 aliphatic carbocycles. The van der Waals surface area contributed by atoms with Gasteiger partial charge in [-0.15, -0.1) is 0 Å². The Morgan fingerprint density at radius 1 is 0.500 bits per heavy atom. The number of hydrogen-bond donors (Lipinski definition) is 6. The number of unbranched alkanes of at least 4 members (excludes halogenated alkanes) is 27. The highest BCUT2D eigenvalue weighted by Gasteiger charge is 2.51. The van der Waals surface area contributed by atoms with Gasteiger partial charge in [-0.05, 0) is 12.8 Å². The second kappa shape index (κ2) is 35.1. The van der Waals surface area contributed by atoms with Crippen molar-refractivity contribution in [3.05, 3.63) is 0 Å². The van der Waals surface area contributed by atoms with Crippen LogP contribution in [0.3, 0.4) is 0 Å². The number of ether oxygens (including phenoxy) is 2. The van der Waals surface area contributed by atoms with E-state index >= 15 is 0 Å². The van der Waals surface area contributed by atoms with E-state index in [1.54, 1.807) is 0 Å². The number of carbonyl (C=O) groups is 1. The Bertz CT molecular complexity index is 942. The summed E-state index contributed by atoms with van der Waals surface area (Å²) in [7, 11) is -5.00. The molecule has 1 aliphatic rings. The molecule has 0 aromatic carbocycles. The second-order valence-corrected chi connectivity index (χ2v) is 17.7. The number of carbonyl (C=O) groups excluding carboxylic acids is 1. The molecule has 6 atom stereocenters. The third kappa shape index (κ3) is 27.2. The largest absolute Gasteiger partial charge is 0.472 e. The quantitative estimate of drug-likeness (QED) is 0.0196. The van der Waals surface area contributed by atoms with E-state index in [-0.39, 0.29) is 13.0 Å². The summed E-state index contributed by atoms with van der Waals surface area (Å²) in [6.45, 7) is 4.24. The van der Waals surface area contributed by atoms with Crippen molar-refractivity contribution in [1.82, 2.24) is 0 Å². The molecule has 1 saturated carbocycles. The first-order valence-corrected chi connectivity index (χ1v) is 24.4. The van der Waals surface area contributed by atoms with Crippen LogP contribution < -0.4 is 0 Å². The average Bonchev–Trinajstić information content (AvgIpc) is 3.18. The number of aliphatic hydroxyl groups is 5.